The molecule has 0 bridgehead atoms. The molecule has 4 rings (SSSR count). The minimum absolute atomic E-state index is 0.0821. The van der Waals surface area contributed by atoms with E-state index in [0.29, 0.717) is 11.1 Å². The van der Waals surface area contributed by atoms with E-state index in [1.54, 1.807) is 24.3 Å². The third-order valence-electron chi connectivity index (χ3n) is 3.70. The van der Waals surface area contributed by atoms with Crippen LogP contribution in [0.2, 0.25) is 0 Å². The van der Waals surface area contributed by atoms with Gasteiger partial charge in [0.05, 0.1) is 27.7 Å². The van der Waals surface area contributed by atoms with Crippen molar-refractivity contribution in [1.29, 1.82) is 0 Å². The van der Waals surface area contributed by atoms with E-state index in [0.717, 1.165) is 4.90 Å². The van der Waals surface area contributed by atoms with Crippen LogP contribution in [0.1, 0.15) is 20.7 Å². The molecule has 0 radical (unpaired) electrons. The van der Waals surface area contributed by atoms with Gasteiger partial charge in [-0.15, -0.1) is 0 Å². The lowest BCUT2D eigenvalue weighted by Gasteiger charge is -2.14. The standard InChI is InChI=1S/C16H8N2O5/c19-13-9-3-1-2-4-10(9)14(20)18(13)8-5-6-12-11(7-8)15(21)23-16(22)17-12/h1-7H,(H,17,22). The van der Waals surface area contributed by atoms with Crippen molar-refractivity contribution in [3.05, 3.63) is 74.6 Å². The van der Waals surface area contributed by atoms with Crippen molar-refractivity contribution in [1.82, 2.24) is 4.98 Å². The number of fused-ring (bicyclic) bond motifs is 2. The van der Waals surface area contributed by atoms with Crippen LogP contribution in [0.3, 0.4) is 0 Å². The number of aromatic amines is 1. The van der Waals surface area contributed by atoms with E-state index in [-0.39, 0.29) is 16.6 Å². The molecule has 2 aromatic carbocycles. The number of hydrogen-bond acceptors (Lipinski definition) is 5. The van der Waals surface area contributed by atoms with Crippen molar-refractivity contribution in [3.63, 3.8) is 0 Å². The van der Waals surface area contributed by atoms with Crippen LogP contribution in [0.5, 0.6) is 0 Å². The SMILES string of the molecule is O=C1c2ccccc2C(=O)N1c1ccc2[nH]c(=O)oc(=O)c2c1. The molecule has 0 fully saturated rings. The second kappa shape index (κ2) is 4.51. The van der Waals surface area contributed by atoms with Gasteiger partial charge in [0.15, 0.2) is 0 Å². The molecule has 1 aliphatic heterocycles. The molecule has 0 unspecified atom stereocenters. The van der Waals surface area contributed by atoms with E-state index in [9.17, 15) is 19.2 Å². The van der Waals surface area contributed by atoms with E-state index in [2.05, 4.69) is 9.40 Å². The monoisotopic (exact) mass is 308 g/mol. The van der Waals surface area contributed by atoms with Crippen LogP contribution in [0.4, 0.5) is 5.69 Å². The highest BCUT2D eigenvalue weighted by atomic mass is 16.4. The molecular weight excluding hydrogens is 300 g/mol. The van der Waals surface area contributed by atoms with Crippen LogP contribution in [0.15, 0.2) is 56.5 Å². The Balaban J connectivity index is 1.91. The Hall–Kier alpha value is -3.48. The van der Waals surface area contributed by atoms with Crippen molar-refractivity contribution in [2.24, 2.45) is 0 Å². The number of hydrogen-bond donors (Lipinski definition) is 1. The number of aromatic nitrogens is 1. The summed E-state index contributed by atoms with van der Waals surface area (Å²) in [4.78, 5) is 51.2. The lowest BCUT2D eigenvalue weighted by atomic mass is 10.1. The second-order valence-corrected chi connectivity index (χ2v) is 5.02. The van der Waals surface area contributed by atoms with E-state index in [1.165, 1.54) is 18.2 Å². The van der Waals surface area contributed by atoms with Gasteiger partial charge in [-0.05, 0) is 30.3 Å². The third kappa shape index (κ3) is 1.83. The third-order valence-corrected chi connectivity index (χ3v) is 3.70. The summed E-state index contributed by atoms with van der Waals surface area (Å²) in [6.45, 7) is 0. The molecule has 1 N–H and O–H groups in total. The predicted molar refractivity (Wildman–Crippen MR) is 80.7 cm³/mol. The van der Waals surface area contributed by atoms with E-state index in [4.69, 9.17) is 0 Å². The summed E-state index contributed by atoms with van der Waals surface area (Å²) in [5.41, 5.74) is 0.300. The maximum absolute atomic E-state index is 12.4. The Morgan fingerprint density at radius 2 is 1.52 bits per heavy atom. The molecule has 2 heterocycles. The number of benzene rings is 2. The topological polar surface area (TPSA) is 100 Å². The van der Waals surface area contributed by atoms with Gasteiger partial charge in [0.1, 0.15) is 0 Å². The van der Waals surface area contributed by atoms with Gasteiger partial charge in [-0.2, -0.15) is 0 Å². The van der Waals surface area contributed by atoms with Crippen molar-refractivity contribution in [3.8, 4) is 0 Å². The summed E-state index contributed by atoms with van der Waals surface area (Å²) in [7, 11) is 0. The maximum atomic E-state index is 12.4. The van der Waals surface area contributed by atoms with E-state index < -0.39 is 23.2 Å². The number of carbonyl (C=O) groups is 2. The fraction of sp³-hybridized carbons (Fsp3) is 0. The summed E-state index contributed by atoms with van der Waals surface area (Å²) < 4.78 is 4.47. The van der Waals surface area contributed by atoms with Crippen LogP contribution in [0, 0.1) is 0 Å². The minimum atomic E-state index is -0.865. The molecular formula is C16H8N2O5. The molecule has 0 atom stereocenters. The van der Waals surface area contributed by atoms with Gasteiger partial charge in [-0.3, -0.25) is 14.6 Å². The average molecular weight is 308 g/mol. The molecule has 1 aromatic heterocycles. The molecule has 0 spiro atoms. The van der Waals surface area contributed by atoms with Gasteiger partial charge in [0.25, 0.3) is 11.8 Å². The van der Waals surface area contributed by atoms with Crippen LogP contribution in [-0.4, -0.2) is 16.8 Å². The molecule has 112 valence electrons. The fourth-order valence-corrected chi connectivity index (χ4v) is 2.65. The highest BCUT2D eigenvalue weighted by Crippen LogP contribution is 2.29. The van der Waals surface area contributed by atoms with Crippen molar-refractivity contribution in [2.45, 2.75) is 0 Å². The van der Waals surface area contributed by atoms with Gasteiger partial charge < -0.3 is 4.42 Å². The molecule has 0 aliphatic carbocycles. The average Bonchev–Trinajstić information content (AvgIpc) is 2.79. The van der Waals surface area contributed by atoms with Gasteiger partial charge in [0, 0.05) is 0 Å². The lowest BCUT2D eigenvalue weighted by molar-refractivity contribution is 0.0926. The number of H-pyrrole nitrogens is 1. The molecule has 1 aliphatic rings. The molecule has 0 saturated heterocycles. The van der Waals surface area contributed by atoms with Crippen LogP contribution in [-0.2, 0) is 0 Å². The van der Waals surface area contributed by atoms with Gasteiger partial charge >= 0.3 is 11.4 Å². The molecule has 3 aromatic rings. The smallest absolute Gasteiger partial charge is 0.372 e. The Kier molecular flexibility index (Phi) is 2.59. The highest BCUT2D eigenvalue weighted by Gasteiger charge is 2.36. The first-order chi connectivity index (χ1) is 11.1. The summed E-state index contributed by atoms with van der Waals surface area (Å²) in [6, 6.07) is 10.8. The minimum Gasteiger partial charge on any atom is -0.372 e. The van der Waals surface area contributed by atoms with E-state index >= 15 is 0 Å². The van der Waals surface area contributed by atoms with Crippen LogP contribution < -0.4 is 16.3 Å². The first kappa shape index (κ1) is 13.2. The van der Waals surface area contributed by atoms with Gasteiger partial charge in [-0.25, -0.2) is 14.5 Å². The quantitative estimate of drug-likeness (QED) is 0.682. The first-order valence-corrected chi connectivity index (χ1v) is 6.71. The summed E-state index contributed by atoms with van der Waals surface area (Å²) in [5.74, 6) is -1.78. The highest BCUT2D eigenvalue weighted by molar-refractivity contribution is 6.34. The molecule has 0 saturated carbocycles. The fourth-order valence-electron chi connectivity index (χ4n) is 2.65. The zero-order valence-corrected chi connectivity index (χ0v) is 11.5. The number of nitrogens with zero attached hydrogens (tertiary/aromatic N) is 1. The zero-order chi connectivity index (χ0) is 16.1. The van der Waals surface area contributed by atoms with Crippen molar-refractivity contribution >= 4 is 28.4 Å². The number of rotatable bonds is 1. The summed E-state index contributed by atoms with van der Waals surface area (Å²) in [5, 5.41) is 0.0821. The Bertz CT molecular complexity index is 1070. The Morgan fingerprint density at radius 3 is 2.17 bits per heavy atom. The Morgan fingerprint density at radius 1 is 0.870 bits per heavy atom. The van der Waals surface area contributed by atoms with Gasteiger partial charge in [0.2, 0.25) is 0 Å². The Labute approximate surface area is 127 Å². The van der Waals surface area contributed by atoms with Gasteiger partial charge in [-0.1, -0.05) is 12.1 Å². The zero-order valence-electron chi connectivity index (χ0n) is 11.5. The van der Waals surface area contributed by atoms with Crippen LogP contribution >= 0.6 is 0 Å². The number of nitrogens with one attached hydrogen (secondary N) is 1. The van der Waals surface area contributed by atoms with Crippen LogP contribution in [0.25, 0.3) is 10.9 Å². The summed E-state index contributed by atoms with van der Waals surface area (Å²) in [6.07, 6.45) is 0. The molecule has 2 amide bonds. The van der Waals surface area contributed by atoms with Crippen molar-refractivity contribution < 1.29 is 14.0 Å². The van der Waals surface area contributed by atoms with Crippen molar-refractivity contribution in [2.75, 3.05) is 4.90 Å². The van der Waals surface area contributed by atoms with E-state index in [1.807, 2.05) is 0 Å². The normalized spacial score (nSPS) is 13.7. The number of carbonyl (C=O) groups excluding carboxylic acids is 2. The molecule has 7 heteroatoms. The predicted octanol–water partition coefficient (Wildman–Crippen LogP) is 1.28. The number of imide groups is 1. The first-order valence-electron chi connectivity index (χ1n) is 6.71. The summed E-state index contributed by atoms with van der Waals surface area (Å²) >= 11 is 0. The molecule has 7 nitrogen and oxygen atoms in total. The molecule has 23 heavy (non-hydrogen) atoms. The largest absolute Gasteiger partial charge is 0.419 e. The number of amides is 2. The maximum Gasteiger partial charge on any atom is 0.419 e. The number of anilines is 1. The second-order valence-electron chi connectivity index (χ2n) is 5.02. The lowest BCUT2D eigenvalue weighted by Crippen LogP contribution is -2.29.